The zero-order valence-corrected chi connectivity index (χ0v) is 16.7. The number of unbranched alkanes of at least 4 members (excludes halogenated alkanes) is 1. The van der Waals surface area contributed by atoms with Crippen LogP contribution in [0.3, 0.4) is 0 Å². The highest BCUT2D eigenvalue weighted by Crippen LogP contribution is 2.39. The third-order valence-electron chi connectivity index (χ3n) is 5.27. The zero-order chi connectivity index (χ0) is 18.1. The smallest absolute Gasteiger partial charge is 0.115 e. The number of halogens is 2. The van der Waals surface area contributed by atoms with Crippen LogP contribution < -0.4 is 5.73 Å². The Morgan fingerprint density at radius 1 is 1.19 bits per heavy atom. The number of aromatic nitrogens is 1. The number of hydrogen-bond acceptors (Lipinski definition) is 3. The normalized spacial score (nSPS) is 16.9. The summed E-state index contributed by atoms with van der Waals surface area (Å²) in [6, 6.07) is 13.7. The number of aromatic hydroxyl groups is 1. The highest BCUT2D eigenvalue weighted by Gasteiger charge is 2.31. The first-order valence-corrected chi connectivity index (χ1v) is 9.58. The minimum atomic E-state index is 0. The van der Waals surface area contributed by atoms with Crippen molar-refractivity contribution in [3.8, 4) is 5.75 Å². The maximum absolute atomic E-state index is 10.0. The van der Waals surface area contributed by atoms with E-state index in [1.807, 2.05) is 24.3 Å². The Hall–Kier alpha value is -1.72. The predicted octanol–water partition coefficient (Wildman–Crippen LogP) is 4.64. The van der Waals surface area contributed by atoms with Gasteiger partial charge in [0, 0.05) is 28.2 Å². The molecule has 1 aromatic heterocycles. The second-order valence-corrected chi connectivity index (χ2v) is 7.42. The maximum Gasteiger partial charge on any atom is 0.115 e. The van der Waals surface area contributed by atoms with Crippen LogP contribution in [0, 0.1) is 0 Å². The van der Waals surface area contributed by atoms with Crippen molar-refractivity contribution in [2.24, 2.45) is 5.73 Å². The van der Waals surface area contributed by atoms with E-state index < -0.39 is 0 Å². The van der Waals surface area contributed by atoms with Gasteiger partial charge in [-0.3, -0.25) is 4.90 Å². The van der Waals surface area contributed by atoms with Crippen molar-refractivity contribution >= 4 is 34.9 Å². The average molecular weight is 406 g/mol. The molecule has 0 radical (unpaired) electrons. The zero-order valence-electron chi connectivity index (χ0n) is 15.1. The molecule has 0 saturated carbocycles. The molecule has 0 aliphatic carbocycles. The lowest BCUT2D eigenvalue weighted by Gasteiger charge is -2.36. The molecule has 1 aliphatic heterocycles. The van der Waals surface area contributed by atoms with Crippen LogP contribution in [-0.4, -0.2) is 34.6 Å². The molecule has 4 N–H and O–H groups in total. The molecule has 27 heavy (non-hydrogen) atoms. The minimum absolute atomic E-state index is 0. The Kier molecular flexibility index (Phi) is 6.33. The summed E-state index contributed by atoms with van der Waals surface area (Å²) in [6.07, 6.45) is 3.10. The Bertz CT molecular complexity index is 925. The molecule has 0 fully saturated rings. The Morgan fingerprint density at radius 3 is 2.81 bits per heavy atom. The van der Waals surface area contributed by atoms with Gasteiger partial charge in [0.25, 0.3) is 0 Å². The number of nitrogens with zero attached hydrogens (tertiary/aromatic N) is 1. The third kappa shape index (κ3) is 3.94. The minimum Gasteiger partial charge on any atom is -0.508 e. The molecule has 2 aromatic carbocycles. The van der Waals surface area contributed by atoms with E-state index in [0.29, 0.717) is 5.75 Å². The summed E-state index contributed by atoms with van der Waals surface area (Å²) >= 11 is 6.24. The Morgan fingerprint density at radius 2 is 2.04 bits per heavy atom. The van der Waals surface area contributed by atoms with Gasteiger partial charge in [-0.15, -0.1) is 12.4 Å². The SMILES string of the molecule is Cl.NCCCCN1CCc2c([nH]c3ccc(Cl)cc23)C1c1cccc(O)c1. The number of aromatic amines is 1. The van der Waals surface area contributed by atoms with Gasteiger partial charge in [0.15, 0.2) is 0 Å². The summed E-state index contributed by atoms with van der Waals surface area (Å²) in [7, 11) is 0. The maximum atomic E-state index is 10.0. The van der Waals surface area contributed by atoms with Crippen LogP contribution in [0.5, 0.6) is 5.75 Å². The van der Waals surface area contributed by atoms with Gasteiger partial charge in [-0.1, -0.05) is 23.7 Å². The number of hydrogen-bond donors (Lipinski definition) is 3. The molecule has 144 valence electrons. The van der Waals surface area contributed by atoms with Gasteiger partial charge in [-0.25, -0.2) is 0 Å². The number of fused-ring (bicyclic) bond motifs is 3. The molecule has 1 unspecified atom stereocenters. The molecule has 1 aliphatic rings. The second kappa shape index (κ2) is 8.53. The Balaban J connectivity index is 0.00000210. The van der Waals surface area contributed by atoms with E-state index in [0.717, 1.165) is 55.0 Å². The monoisotopic (exact) mass is 405 g/mol. The molecule has 0 bridgehead atoms. The first kappa shape index (κ1) is 20.0. The first-order valence-electron chi connectivity index (χ1n) is 9.20. The fraction of sp³-hybridized carbons (Fsp3) is 0.333. The van der Waals surface area contributed by atoms with Crippen LogP contribution in [0.15, 0.2) is 42.5 Å². The van der Waals surface area contributed by atoms with Gasteiger partial charge in [-0.2, -0.15) is 0 Å². The molecule has 4 nitrogen and oxygen atoms in total. The fourth-order valence-corrected chi connectivity index (χ4v) is 4.26. The summed E-state index contributed by atoms with van der Waals surface area (Å²) in [5, 5.41) is 12.0. The summed E-state index contributed by atoms with van der Waals surface area (Å²) in [6.45, 7) is 2.70. The van der Waals surface area contributed by atoms with Gasteiger partial charge in [-0.05, 0) is 73.8 Å². The van der Waals surface area contributed by atoms with E-state index in [1.165, 1.54) is 16.6 Å². The van der Waals surface area contributed by atoms with Crippen LogP contribution >= 0.6 is 24.0 Å². The molecular formula is C21H25Cl2N3O. The Labute approximate surface area is 170 Å². The molecule has 0 amide bonds. The number of nitrogens with two attached hydrogens (primary N) is 1. The van der Waals surface area contributed by atoms with Crippen LogP contribution in [0.2, 0.25) is 5.02 Å². The number of phenolic OH excluding ortho intramolecular Hbond substituents is 1. The quantitative estimate of drug-likeness (QED) is 0.541. The van der Waals surface area contributed by atoms with Gasteiger partial charge in [0.2, 0.25) is 0 Å². The largest absolute Gasteiger partial charge is 0.508 e. The summed E-state index contributed by atoms with van der Waals surface area (Å²) in [5.74, 6) is 0.302. The summed E-state index contributed by atoms with van der Waals surface area (Å²) < 4.78 is 0. The standard InChI is InChI=1S/C21H24ClN3O.ClH/c22-15-6-7-19-18(13-15)17-8-11-25(10-2-1-9-23)21(20(17)24-19)14-4-3-5-16(26)12-14;/h3-7,12-13,21,24,26H,1-2,8-11,23H2;1H. The summed E-state index contributed by atoms with van der Waals surface area (Å²) in [4.78, 5) is 6.11. The predicted molar refractivity (Wildman–Crippen MR) is 114 cm³/mol. The van der Waals surface area contributed by atoms with Crippen LogP contribution in [-0.2, 0) is 6.42 Å². The van der Waals surface area contributed by atoms with E-state index in [2.05, 4.69) is 22.0 Å². The van der Waals surface area contributed by atoms with E-state index in [-0.39, 0.29) is 18.4 Å². The van der Waals surface area contributed by atoms with Crippen molar-refractivity contribution in [3.63, 3.8) is 0 Å². The lowest BCUT2D eigenvalue weighted by molar-refractivity contribution is 0.207. The number of phenols is 1. The number of nitrogens with one attached hydrogen (secondary N) is 1. The van der Waals surface area contributed by atoms with Crippen molar-refractivity contribution in [2.45, 2.75) is 25.3 Å². The molecule has 2 heterocycles. The van der Waals surface area contributed by atoms with Crippen LogP contribution in [0.4, 0.5) is 0 Å². The number of rotatable bonds is 5. The summed E-state index contributed by atoms with van der Waals surface area (Å²) in [5.41, 5.74) is 10.5. The molecule has 0 spiro atoms. The molecular weight excluding hydrogens is 381 g/mol. The molecule has 6 heteroatoms. The van der Waals surface area contributed by atoms with Crippen LogP contribution in [0.1, 0.15) is 35.7 Å². The van der Waals surface area contributed by atoms with Crippen molar-refractivity contribution in [3.05, 3.63) is 64.3 Å². The van der Waals surface area contributed by atoms with Crippen LogP contribution in [0.25, 0.3) is 10.9 Å². The first-order chi connectivity index (χ1) is 12.7. The highest BCUT2D eigenvalue weighted by atomic mass is 35.5. The van der Waals surface area contributed by atoms with Gasteiger partial charge < -0.3 is 15.8 Å². The molecule has 0 saturated heterocycles. The van der Waals surface area contributed by atoms with E-state index in [1.54, 1.807) is 6.07 Å². The van der Waals surface area contributed by atoms with Gasteiger partial charge in [0.1, 0.15) is 5.75 Å². The second-order valence-electron chi connectivity index (χ2n) is 6.99. The van der Waals surface area contributed by atoms with Gasteiger partial charge >= 0.3 is 0 Å². The molecule has 3 aromatic rings. The molecule has 4 rings (SSSR count). The lowest BCUT2D eigenvalue weighted by atomic mass is 9.92. The van der Waals surface area contributed by atoms with Crippen molar-refractivity contribution in [1.82, 2.24) is 9.88 Å². The van der Waals surface area contributed by atoms with Crippen molar-refractivity contribution < 1.29 is 5.11 Å². The van der Waals surface area contributed by atoms with Crippen molar-refractivity contribution in [1.29, 1.82) is 0 Å². The van der Waals surface area contributed by atoms with Crippen molar-refractivity contribution in [2.75, 3.05) is 19.6 Å². The van der Waals surface area contributed by atoms with E-state index in [9.17, 15) is 5.11 Å². The van der Waals surface area contributed by atoms with E-state index in [4.69, 9.17) is 17.3 Å². The number of benzene rings is 2. The van der Waals surface area contributed by atoms with Gasteiger partial charge in [0.05, 0.1) is 6.04 Å². The molecule has 1 atom stereocenters. The lowest BCUT2D eigenvalue weighted by Crippen LogP contribution is -2.37. The highest BCUT2D eigenvalue weighted by molar-refractivity contribution is 6.31. The topological polar surface area (TPSA) is 65.3 Å². The average Bonchev–Trinajstić information content (AvgIpc) is 2.99. The van der Waals surface area contributed by atoms with E-state index >= 15 is 0 Å². The fourth-order valence-electron chi connectivity index (χ4n) is 4.08. The third-order valence-corrected chi connectivity index (χ3v) is 5.51. The number of H-pyrrole nitrogens is 1.